The molecule has 2 heterocycles. The van der Waals surface area contributed by atoms with Crippen molar-refractivity contribution in [2.45, 2.75) is 19.3 Å². The Morgan fingerprint density at radius 1 is 0.968 bits per heavy atom. The van der Waals surface area contributed by atoms with E-state index in [-0.39, 0.29) is 18.2 Å². The molecule has 31 heavy (non-hydrogen) atoms. The van der Waals surface area contributed by atoms with Crippen LogP contribution < -0.4 is 10.9 Å². The van der Waals surface area contributed by atoms with Crippen LogP contribution in [-0.4, -0.2) is 45.5 Å². The molecule has 3 amide bonds. The van der Waals surface area contributed by atoms with Crippen molar-refractivity contribution >= 4 is 17.7 Å². The van der Waals surface area contributed by atoms with E-state index in [2.05, 4.69) is 16.0 Å². The highest BCUT2D eigenvalue weighted by Crippen LogP contribution is 2.23. The number of aromatic nitrogens is 2. The number of carbonyl (C=O) groups excluding carboxylic acids is 3. The molecule has 1 saturated heterocycles. The topological polar surface area (TPSA) is 96.3 Å². The molecule has 0 unspecified atom stereocenters. The SMILES string of the molecule is O=C(CCN1CCCC1=O)NNC(=O)c1cn(-c2ccccc2)nc1-c1ccccc1. The fourth-order valence-electron chi connectivity index (χ4n) is 3.50. The van der Waals surface area contributed by atoms with E-state index in [1.807, 2.05) is 60.7 Å². The summed E-state index contributed by atoms with van der Waals surface area (Å²) in [5.74, 6) is -0.756. The number of hydrazine groups is 1. The van der Waals surface area contributed by atoms with E-state index in [4.69, 9.17) is 0 Å². The van der Waals surface area contributed by atoms with Crippen LogP contribution in [-0.2, 0) is 9.59 Å². The maximum absolute atomic E-state index is 12.9. The number of rotatable bonds is 6. The van der Waals surface area contributed by atoms with Crippen LogP contribution in [0.5, 0.6) is 0 Å². The summed E-state index contributed by atoms with van der Waals surface area (Å²) in [5, 5.41) is 4.59. The molecule has 0 spiro atoms. The number of amides is 3. The molecule has 158 valence electrons. The Morgan fingerprint density at radius 2 is 1.68 bits per heavy atom. The fraction of sp³-hybridized carbons (Fsp3) is 0.217. The Kier molecular flexibility index (Phi) is 6.07. The number of benzene rings is 2. The van der Waals surface area contributed by atoms with Crippen molar-refractivity contribution in [3.8, 4) is 16.9 Å². The molecule has 2 aromatic carbocycles. The van der Waals surface area contributed by atoms with Gasteiger partial charge in [0.25, 0.3) is 5.91 Å². The fourth-order valence-corrected chi connectivity index (χ4v) is 3.50. The Morgan fingerprint density at radius 3 is 2.35 bits per heavy atom. The second-order valence-corrected chi connectivity index (χ2v) is 7.27. The van der Waals surface area contributed by atoms with E-state index in [0.29, 0.717) is 30.8 Å². The largest absolute Gasteiger partial charge is 0.342 e. The Hall–Kier alpha value is -3.94. The summed E-state index contributed by atoms with van der Waals surface area (Å²) < 4.78 is 1.64. The Bertz CT molecular complexity index is 1080. The summed E-state index contributed by atoms with van der Waals surface area (Å²) in [6.07, 6.45) is 3.12. The van der Waals surface area contributed by atoms with E-state index in [9.17, 15) is 14.4 Å². The second-order valence-electron chi connectivity index (χ2n) is 7.27. The average Bonchev–Trinajstić information content (AvgIpc) is 3.44. The molecule has 1 aromatic heterocycles. The second kappa shape index (κ2) is 9.25. The third kappa shape index (κ3) is 4.80. The quantitative estimate of drug-likeness (QED) is 0.602. The Labute approximate surface area is 179 Å². The van der Waals surface area contributed by atoms with Gasteiger partial charge in [0, 0.05) is 37.7 Å². The lowest BCUT2D eigenvalue weighted by molar-refractivity contribution is -0.128. The van der Waals surface area contributed by atoms with Crippen molar-refractivity contribution in [1.82, 2.24) is 25.5 Å². The van der Waals surface area contributed by atoms with Crippen molar-refractivity contribution in [1.29, 1.82) is 0 Å². The third-order valence-corrected chi connectivity index (χ3v) is 5.12. The van der Waals surface area contributed by atoms with Gasteiger partial charge in [-0.25, -0.2) is 4.68 Å². The van der Waals surface area contributed by atoms with E-state index in [1.165, 1.54) is 0 Å². The first kappa shape index (κ1) is 20.3. The van der Waals surface area contributed by atoms with Crippen molar-refractivity contribution in [2.24, 2.45) is 0 Å². The van der Waals surface area contributed by atoms with E-state index in [1.54, 1.807) is 15.8 Å². The van der Waals surface area contributed by atoms with Gasteiger partial charge < -0.3 is 4.90 Å². The highest BCUT2D eigenvalue weighted by Gasteiger charge is 2.21. The molecule has 8 nitrogen and oxygen atoms in total. The lowest BCUT2D eigenvalue weighted by Crippen LogP contribution is -2.43. The number of nitrogens with one attached hydrogen (secondary N) is 2. The number of hydrogen-bond acceptors (Lipinski definition) is 4. The molecule has 1 aliphatic rings. The highest BCUT2D eigenvalue weighted by molar-refractivity contribution is 6.00. The lowest BCUT2D eigenvalue weighted by Gasteiger charge is -2.15. The monoisotopic (exact) mass is 417 g/mol. The van der Waals surface area contributed by atoms with Crippen molar-refractivity contribution < 1.29 is 14.4 Å². The van der Waals surface area contributed by atoms with Gasteiger partial charge in [0.2, 0.25) is 11.8 Å². The van der Waals surface area contributed by atoms with E-state index >= 15 is 0 Å². The summed E-state index contributed by atoms with van der Waals surface area (Å²) in [5.41, 5.74) is 7.36. The van der Waals surface area contributed by atoms with E-state index < -0.39 is 5.91 Å². The van der Waals surface area contributed by atoms with Crippen LogP contribution in [0.15, 0.2) is 66.9 Å². The van der Waals surface area contributed by atoms with Gasteiger partial charge in [0.15, 0.2) is 0 Å². The van der Waals surface area contributed by atoms with Crippen LogP contribution in [0.25, 0.3) is 16.9 Å². The number of likely N-dealkylation sites (tertiary alicyclic amines) is 1. The number of hydrogen-bond donors (Lipinski definition) is 2. The molecule has 8 heteroatoms. The maximum Gasteiger partial charge on any atom is 0.273 e. The summed E-state index contributed by atoms with van der Waals surface area (Å²) in [4.78, 5) is 38.3. The third-order valence-electron chi connectivity index (χ3n) is 5.12. The summed E-state index contributed by atoms with van der Waals surface area (Å²) in [6, 6.07) is 18.9. The molecule has 0 bridgehead atoms. The van der Waals surface area contributed by atoms with Crippen LogP contribution in [0, 0.1) is 0 Å². The zero-order valence-electron chi connectivity index (χ0n) is 17.0. The summed E-state index contributed by atoms with van der Waals surface area (Å²) >= 11 is 0. The van der Waals surface area contributed by atoms with Gasteiger partial charge in [-0.2, -0.15) is 5.10 Å². The van der Waals surface area contributed by atoms with E-state index in [0.717, 1.165) is 17.7 Å². The molecule has 0 saturated carbocycles. The standard InChI is InChI=1S/C23H23N5O3/c29-20(13-15-27-14-7-12-21(27)30)24-25-23(31)19-16-28(18-10-5-2-6-11-18)26-22(19)17-8-3-1-4-9-17/h1-6,8-11,16H,7,12-15H2,(H,24,29)(H,25,31). The maximum atomic E-state index is 12.9. The molecular weight excluding hydrogens is 394 g/mol. The summed E-state index contributed by atoms with van der Waals surface area (Å²) in [6.45, 7) is 1.03. The minimum Gasteiger partial charge on any atom is -0.342 e. The van der Waals surface area contributed by atoms with Gasteiger partial charge in [-0.05, 0) is 18.6 Å². The molecule has 0 atom stereocenters. The normalized spacial score (nSPS) is 13.3. The average molecular weight is 417 g/mol. The number of nitrogens with zero attached hydrogens (tertiary/aromatic N) is 3. The number of para-hydroxylation sites is 1. The molecule has 4 rings (SSSR count). The molecule has 1 aliphatic heterocycles. The molecule has 2 N–H and O–H groups in total. The van der Waals surface area contributed by atoms with Gasteiger partial charge in [0.05, 0.1) is 11.3 Å². The van der Waals surface area contributed by atoms with Crippen LogP contribution in [0.3, 0.4) is 0 Å². The molecule has 0 radical (unpaired) electrons. The van der Waals surface area contributed by atoms with Crippen molar-refractivity contribution in [3.05, 3.63) is 72.4 Å². The van der Waals surface area contributed by atoms with Crippen molar-refractivity contribution in [3.63, 3.8) is 0 Å². The summed E-state index contributed by atoms with van der Waals surface area (Å²) in [7, 11) is 0. The van der Waals surface area contributed by atoms with Crippen LogP contribution in [0.1, 0.15) is 29.6 Å². The van der Waals surface area contributed by atoms with Gasteiger partial charge in [-0.1, -0.05) is 48.5 Å². The minimum absolute atomic E-state index is 0.0673. The Balaban J connectivity index is 1.47. The predicted octanol–water partition coefficient (Wildman–Crippen LogP) is 2.31. The molecule has 1 fully saturated rings. The van der Waals surface area contributed by atoms with Crippen LogP contribution in [0.2, 0.25) is 0 Å². The van der Waals surface area contributed by atoms with Gasteiger partial charge in [-0.3, -0.25) is 25.2 Å². The minimum atomic E-state index is -0.466. The van der Waals surface area contributed by atoms with Crippen LogP contribution >= 0.6 is 0 Å². The van der Waals surface area contributed by atoms with Gasteiger partial charge in [0.1, 0.15) is 5.69 Å². The molecule has 0 aliphatic carbocycles. The van der Waals surface area contributed by atoms with Gasteiger partial charge in [-0.15, -0.1) is 0 Å². The van der Waals surface area contributed by atoms with Crippen LogP contribution in [0.4, 0.5) is 0 Å². The van der Waals surface area contributed by atoms with Crippen molar-refractivity contribution in [2.75, 3.05) is 13.1 Å². The zero-order valence-corrected chi connectivity index (χ0v) is 17.0. The molecule has 3 aromatic rings. The zero-order chi connectivity index (χ0) is 21.6. The lowest BCUT2D eigenvalue weighted by atomic mass is 10.1. The highest BCUT2D eigenvalue weighted by atomic mass is 16.2. The number of carbonyl (C=O) groups is 3. The predicted molar refractivity (Wildman–Crippen MR) is 115 cm³/mol. The first-order chi connectivity index (χ1) is 15.1. The first-order valence-corrected chi connectivity index (χ1v) is 10.2. The molecular formula is C23H23N5O3. The smallest absolute Gasteiger partial charge is 0.273 e. The first-order valence-electron chi connectivity index (χ1n) is 10.2. The van der Waals surface area contributed by atoms with Gasteiger partial charge >= 0.3 is 0 Å².